The van der Waals surface area contributed by atoms with Crippen molar-refractivity contribution >= 4 is 17.7 Å². The fraction of sp³-hybridized carbons (Fsp3) is 0.632. The first-order valence-corrected chi connectivity index (χ1v) is 10.1. The minimum absolute atomic E-state index is 0.0912. The number of rotatable bonds is 14. The zero-order valence-electron chi connectivity index (χ0n) is 15.2. The summed E-state index contributed by atoms with van der Waals surface area (Å²) in [4.78, 5) is 29.2. The number of nitrogens with zero attached hydrogens (tertiary/aromatic N) is 1. The molecular formula is C19H30N2O3S. The van der Waals surface area contributed by atoms with E-state index in [1.807, 2.05) is 0 Å². The van der Waals surface area contributed by atoms with Crippen molar-refractivity contribution in [2.45, 2.75) is 69.9 Å². The Hall–Kier alpha value is -1.56. The molecular weight excluding hydrogens is 336 g/mol. The van der Waals surface area contributed by atoms with Gasteiger partial charge < -0.3 is 9.72 Å². The second-order valence-corrected chi connectivity index (χ2v) is 7.27. The average Bonchev–Trinajstić information content (AvgIpc) is 2.58. The Morgan fingerprint density at radius 3 is 2.32 bits per heavy atom. The van der Waals surface area contributed by atoms with E-state index in [9.17, 15) is 9.59 Å². The molecule has 0 spiro atoms. The predicted molar refractivity (Wildman–Crippen MR) is 103 cm³/mol. The molecule has 0 atom stereocenters. The van der Waals surface area contributed by atoms with Gasteiger partial charge in [0.15, 0.2) is 5.16 Å². The predicted octanol–water partition coefficient (Wildman–Crippen LogP) is 4.49. The Labute approximate surface area is 154 Å². The SMILES string of the molecule is C=C(C)C(=O)OCCCCCCCCCCCSc1nccc(=O)[nH]1. The third-order valence-corrected chi connectivity index (χ3v) is 4.73. The summed E-state index contributed by atoms with van der Waals surface area (Å²) in [7, 11) is 0. The van der Waals surface area contributed by atoms with Gasteiger partial charge in [0, 0.05) is 23.6 Å². The quantitative estimate of drug-likeness (QED) is 0.173. The van der Waals surface area contributed by atoms with E-state index in [0.717, 1.165) is 25.0 Å². The number of hydrogen-bond donors (Lipinski definition) is 1. The second-order valence-electron chi connectivity index (χ2n) is 6.19. The Balaban J connectivity index is 1.82. The van der Waals surface area contributed by atoms with Gasteiger partial charge in [0.25, 0.3) is 5.56 Å². The average molecular weight is 367 g/mol. The van der Waals surface area contributed by atoms with Crippen LogP contribution in [-0.2, 0) is 9.53 Å². The number of thioether (sulfide) groups is 1. The van der Waals surface area contributed by atoms with E-state index in [4.69, 9.17) is 4.74 Å². The first kappa shape index (κ1) is 21.5. The molecule has 0 saturated carbocycles. The maximum absolute atomic E-state index is 11.2. The van der Waals surface area contributed by atoms with Crippen molar-refractivity contribution in [2.24, 2.45) is 0 Å². The molecule has 0 unspecified atom stereocenters. The van der Waals surface area contributed by atoms with Crippen molar-refractivity contribution in [3.05, 3.63) is 34.8 Å². The van der Waals surface area contributed by atoms with Crippen LogP contribution in [0, 0.1) is 0 Å². The van der Waals surface area contributed by atoms with E-state index in [-0.39, 0.29) is 11.5 Å². The number of hydrogen-bond acceptors (Lipinski definition) is 5. The van der Waals surface area contributed by atoms with Crippen molar-refractivity contribution in [1.29, 1.82) is 0 Å². The Bertz CT molecular complexity index is 572. The van der Waals surface area contributed by atoms with E-state index >= 15 is 0 Å². The van der Waals surface area contributed by atoms with Crippen molar-refractivity contribution in [3.63, 3.8) is 0 Å². The molecule has 1 heterocycles. The van der Waals surface area contributed by atoms with Crippen LogP contribution in [0.25, 0.3) is 0 Å². The Morgan fingerprint density at radius 1 is 1.12 bits per heavy atom. The summed E-state index contributed by atoms with van der Waals surface area (Å²) >= 11 is 1.61. The van der Waals surface area contributed by atoms with E-state index in [2.05, 4.69) is 16.5 Å². The molecule has 1 rings (SSSR count). The largest absolute Gasteiger partial charge is 0.462 e. The molecule has 0 bridgehead atoms. The van der Waals surface area contributed by atoms with Crippen molar-refractivity contribution in [2.75, 3.05) is 12.4 Å². The number of ether oxygens (including phenoxy) is 1. The maximum Gasteiger partial charge on any atom is 0.333 e. The van der Waals surface area contributed by atoms with Gasteiger partial charge in [-0.3, -0.25) is 4.79 Å². The molecule has 0 saturated heterocycles. The second kappa shape index (κ2) is 13.7. The number of nitrogens with one attached hydrogen (secondary N) is 1. The molecule has 0 fully saturated rings. The van der Waals surface area contributed by atoms with Gasteiger partial charge in [-0.15, -0.1) is 0 Å². The summed E-state index contributed by atoms with van der Waals surface area (Å²) in [5.41, 5.74) is 0.373. The summed E-state index contributed by atoms with van der Waals surface area (Å²) in [6.07, 6.45) is 12.2. The number of carbonyl (C=O) groups excluding carboxylic acids is 1. The normalized spacial score (nSPS) is 10.6. The number of aromatic nitrogens is 2. The fourth-order valence-corrected chi connectivity index (χ4v) is 3.17. The minimum atomic E-state index is -0.285. The van der Waals surface area contributed by atoms with Crippen LogP contribution < -0.4 is 5.56 Å². The smallest absolute Gasteiger partial charge is 0.333 e. The van der Waals surface area contributed by atoms with Gasteiger partial charge in [-0.1, -0.05) is 63.3 Å². The zero-order chi connectivity index (χ0) is 18.3. The van der Waals surface area contributed by atoms with Gasteiger partial charge in [-0.05, 0) is 19.8 Å². The highest BCUT2D eigenvalue weighted by atomic mass is 32.2. The van der Waals surface area contributed by atoms with Gasteiger partial charge in [-0.2, -0.15) is 0 Å². The lowest BCUT2D eigenvalue weighted by Gasteiger charge is -2.04. The monoisotopic (exact) mass is 366 g/mol. The third-order valence-electron chi connectivity index (χ3n) is 3.76. The lowest BCUT2D eigenvalue weighted by molar-refractivity contribution is -0.139. The van der Waals surface area contributed by atoms with Crippen LogP contribution in [0.3, 0.4) is 0 Å². The molecule has 0 aromatic carbocycles. The van der Waals surface area contributed by atoms with E-state index in [1.54, 1.807) is 24.9 Å². The van der Waals surface area contributed by atoms with Gasteiger partial charge >= 0.3 is 5.97 Å². The van der Waals surface area contributed by atoms with Crippen LogP contribution >= 0.6 is 11.8 Å². The highest BCUT2D eigenvalue weighted by Gasteiger charge is 2.01. The van der Waals surface area contributed by atoms with E-state index < -0.39 is 0 Å². The molecule has 1 N–H and O–H groups in total. The highest BCUT2D eigenvalue weighted by molar-refractivity contribution is 7.99. The van der Waals surface area contributed by atoms with Crippen molar-refractivity contribution in [1.82, 2.24) is 9.97 Å². The molecule has 0 aliphatic carbocycles. The first-order chi connectivity index (χ1) is 12.1. The first-order valence-electron chi connectivity index (χ1n) is 9.10. The molecule has 0 radical (unpaired) electrons. The van der Waals surface area contributed by atoms with Crippen LogP contribution in [0.1, 0.15) is 64.7 Å². The summed E-state index contributed by atoms with van der Waals surface area (Å²) in [6.45, 7) is 5.73. The van der Waals surface area contributed by atoms with E-state index in [0.29, 0.717) is 17.3 Å². The number of esters is 1. The number of H-pyrrole nitrogens is 1. The number of carbonyl (C=O) groups is 1. The third kappa shape index (κ3) is 11.6. The van der Waals surface area contributed by atoms with E-state index in [1.165, 1.54) is 44.6 Å². The van der Waals surface area contributed by atoms with Gasteiger partial charge in [0.1, 0.15) is 0 Å². The Kier molecular flexibility index (Phi) is 11.8. The molecule has 1 aromatic rings. The van der Waals surface area contributed by atoms with Gasteiger partial charge in [0.2, 0.25) is 0 Å². The maximum atomic E-state index is 11.2. The standard InChI is InChI=1S/C19H30N2O3S/c1-16(2)18(23)24-14-10-8-6-4-3-5-7-9-11-15-25-19-20-13-12-17(22)21-19/h12-13H,1,3-11,14-15H2,2H3,(H,20,21,22). The molecule has 0 amide bonds. The molecule has 140 valence electrons. The highest BCUT2D eigenvalue weighted by Crippen LogP contribution is 2.15. The number of unbranched alkanes of at least 4 members (excludes halogenated alkanes) is 8. The van der Waals surface area contributed by atoms with Crippen LogP contribution in [-0.4, -0.2) is 28.3 Å². The summed E-state index contributed by atoms with van der Waals surface area (Å²) in [5, 5.41) is 0.710. The van der Waals surface area contributed by atoms with Gasteiger partial charge in [-0.25, -0.2) is 9.78 Å². The summed E-state index contributed by atoms with van der Waals surface area (Å²) in [6, 6.07) is 1.43. The van der Waals surface area contributed by atoms with Crippen molar-refractivity contribution < 1.29 is 9.53 Å². The van der Waals surface area contributed by atoms with Crippen LogP contribution in [0.2, 0.25) is 0 Å². The lowest BCUT2D eigenvalue weighted by Crippen LogP contribution is -2.05. The van der Waals surface area contributed by atoms with Crippen LogP contribution in [0.4, 0.5) is 0 Å². The fourth-order valence-electron chi connectivity index (χ4n) is 2.32. The lowest BCUT2D eigenvalue weighted by atomic mass is 10.1. The molecule has 5 nitrogen and oxygen atoms in total. The van der Waals surface area contributed by atoms with Crippen molar-refractivity contribution in [3.8, 4) is 0 Å². The van der Waals surface area contributed by atoms with Crippen LogP contribution in [0.15, 0.2) is 34.4 Å². The Morgan fingerprint density at radius 2 is 1.72 bits per heavy atom. The summed E-state index contributed by atoms with van der Waals surface area (Å²) in [5.74, 6) is 0.711. The molecule has 25 heavy (non-hydrogen) atoms. The van der Waals surface area contributed by atoms with Gasteiger partial charge in [0.05, 0.1) is 6.61 Å². The van der Waals surface area contributed by atoms with Crippen LogP contribution in [0.5, 0.6) is 0 Å². The summed E-state index contributed by atoms with van der Waals surface area (Å²) < 4.78 is 5.06. The molecule has 1 aromatic heterocycles. The minimum Gasteiger partial charge on any atom is -0.462 e. The molecule has 0 aliphatic rings. The zero-order valence-corrected chi connectivity index (χ0v) is 16.0. The topological polar surface area (TPSA) is 72.0 Å². The molecule has 6 heteroatoms. The number of aromatic amines is 1. The molecule has 0 aliphatic heterocycles.